The van der Waals surface area contributed by atoms with Crippen molar-refractivity contribution in [3.8, 4) is 0 Å². The van der Waals surface area contributed by atoms with Gasteiger partial charge in [-0.15, -0.1) is 0 Å². The molecule has 2 atom stereocenters. The molecule has 19 heavy (non-hydrogen) atoms. The van der Waals surface area contributed by atoms with Gasteiger partial charge in [0.1, 0.15) is 5.82 Å². The van der Waals surface area contributed by atoms with E-state index < -0.39 is 22.6 Å². The molecule has 106 valence electrons. The second-order valence-electron chi connectivity index (χ2n) is 4.25. The molecule has 2 unspecified atom stereocenters. The third-order valence-electron chi connectivity index (χ3n) is 2.77. The molecule has 0 aliphatic rings. The van der Waals surface area contributed by atoms with E-state index in [9.17, 15) is 13.4 Å². The molecule has 0 aromatic heterocycles. The Hall–Kier alpha value is -1.27. The van der Waals surface area contributed by atoms with Crippen LogP contribution in [0, 0.1) is 5.82 Å². The number of halogens is 1. The van der Waals surface area contributed by atoms with E-state index in [-0.39, 0.29) is 10.8 Å². The fourth-order valence-electron chi connectivity index (χ4n) is 1.48. The van der Waals surface area contributed by atoms with Crippen LogP contribution in [0.3, 0.4) is 0 Å². The molecule has 0 saturated carbocycles. The molecular weight excluding hydrogens is 269 g/mol. The first-order valence-corrected chi connectivity index (χ1v) is 7.47. The highest BCUT2D eigenvalue weighted by atomic mass is 32.2. The minimum Gasteiger partial charge on any atom is -0.465 e. The van der Waals surface area contributed by atoms with Crippen molar-refractivity contribution in [2.75, 3.05) is 19.9 Å². The maximum Gasteiger partial charge on any atom is 0.340 e. The Morgan fingerprint density at radius 2 is 2.21 bits per heavy atom. The normalized spacial score (nSPS) is 13.9. The third-order valence-corrected chi connectivity index (χ3v) is 4.07. The predicted octanol–water partition coefficient (Wildman–Crippen LogP) is 1.47. The lowest BCUT2D eigenvalue weighted by Crippen LogP contribution is -2.27. The van der Waals surface area contributed by atoms with E-state index in [1.54, 1.807) is 12.3 Å². The Balaban J connectivity index is 2.59. The molecule has 1 aromatic carbocycles. The minimum absolute atomic E-state index is 0.0409. The number of benzene rings is 1. The van der Waals surface area contributed by atoms with Crippen LogP contribution < -0.4 is 5.32 Å². The maximum absolute atomic E-state index is 13.6. The number of carbonyl (C=O) groups is 1. The lowest BCUT2D eigenvalue weighted by molar-refractivity contribution is 0.0595. The molecule has 0 fully saturated rings. The van der Waals surface area contributed by atoms with Gasteiger partial charge in [-0.2, -0.15) is 0 Å². The van der Waals surface area contributed by atoms with Crippen molar-refractivity contribution in [2.24, 2.45) is 0 Å². The van der Waals surface area contributed by atoms with Gasteiger partial charge in [0.15, 0.2) is 0 Å². The molecule has 0 saturated heterocycles. The number of nitrogens with one attached hydrogen (secondary N) is 1. The summed E-state index contributed by atoms with van der Waals surface area (Å²) in [5, 5.41) is 3.14. The molecule has 0 aliphatic heterocycles. The second kappa shape index (κ2) is 7.35. The largest absolute Gasteiger partial charge is 0.465 e. The van der Waals surface area contributed by atoms with Crippen molar-refractivity contribution in [2.45, 2.75) is 18.7 Å². The summed E-state index contributed by atoms with van der Waals surface area (Å²) >= 11 is 0. The van der Waals surface area contributed by atoms with E-state index in [1.807, 2.05) is 6.92 Å². The molecule has 1 aromatic rings. The van der Waals surface area contributed by atoms with Crippen molar-refractivity contribution in [3.05, 3.63) is 35.1 Å². The lowest BCUT2D eigenvalue weighted by atomic mass is 10.1. The van der Waals surface area contributed by atoms with Gasteiger partial charge in [-0.05, 0) is 24.6 Å². The topological polar surface area (TPSA) is 55.4 Å². The van der Waals surface area contributed by atoms with Gasteiger partial charge in [-0.25, -0.2) is 9.18 Å². The first-order valence-electron chi connectivity index (χ1n) is 5.85. The molecule has 1 N–H and O–H groups in total. The van der Waals surface area contributed by atoms with Crippen molar-refractivity contribution in [1.29, 1.82) is 0 Å². The van der Waals surface area contributed by atoms with Gasteiger partial charge in [0.25, 0.3) is 0 Å². The number of carbonyl (C=O) groups excluding carboxylic acids is 1. The van der Waals surface area contributed by atoms with Gasteiger partial charge >= 0.3 is 5.97 Å². The highest BCUT2D eigenvalue weighted by molar-refractivity contribution is 7.84. The Morgan fingerprint density at radius 1 is 1.53 bits per heavy atom. The standard InChI is InChI=1S/C13H18FNO3S/c1-9(19(3)17)7-15-8-10-4-5-11(12(14)6-10)13(16)18-2/h4-6,9,15H,7-8H2,1-3H3. The number of rotatable bonds is 6. The van der Waals surface area contributed by atoms with Crippen molar-refractivity contribution in [3.63, 3.8) is 0 Å². The second-order valence-corrected chi connectivity index (χ2v) is 6.05. The third kappa shape index (κ3) is 4.72. The van der Waals surface area contributed by atoms with E-state index >= 15 is 0 Å². The van der Waals surface area contributed by atoms with Crippen LogP contribution in [0.15, 0.2) is 18.2 Å². The summed E-state index contributed by atoms with van der Waals surface area (Å²) in [6, 6.07) is 4.36. The number of hydrogen-bond acceptors (Lipinski definition) is 4. The molecular formula is C13H18FNO3S. The summed E-state index contributed by atoms with van der Waals surface area (Å²) < 4.78 is 29.2. The van der Waals surface area contributed by atoms with Gasteiger partial charge in [-0.1, -0.05) is 6.07 Å². The first kappa shape index (κ1) is 15.8. The zero-order valence-electron chi connectivity index (χ0n) is 11.2. The minimum atomic E-state index is -0.881. The van der Waals surface area contributed by atoms with Crippen LogP contribution in [0.4, 0.5) is 4.39 Å². The SMILES string of the molecule is COC(=O)c1ccc(CNCC(C)S(C)=O)cc1F. The van der Waals surface area contributed by atoms with Crippen LogP contribution >= 0.6 is 0 Å². The van der Waals surface area contributed by atoms with Crippen LogP contribution in [0.1, 0.15) is 22.8 Å². The lowest BCUT2D eigenvalue weighted by Gasteiger charge is -2.10. The quantitative estimate of drug-likeness (QED) is 0.805. The number of methoxy groups -OCH3 is 1. The molecule has 6 heteroatoms. The van der Waals surface area contributed by atoms with E-state index in [0.29, 0.717) is 13.1 Å². The average Bonchev–Trinajstić information content (AvgIpc) is 2.37. The van der Waals surface area contributed by atoms with Crippen LogP contribution in [-0.2, 0) is 22.1 Å². The highest BCUT2D eigenvalue weighted by Gasteiger charge is 2.12. The summed E-state index contributed by atoms with van der Waals surface area (Å²) in [6.45, 7) is 2.92. The Morgan fingerprint density at radius 3 is 2.74 bits per heavy atom. The van der Waals surface area contributed by atoms with Gasteiger partial charge in [-0.3, -0.25) is 4.21 Å². The van der Waals surface area contributed by atoms with Crippen molar-refractivity contribution < 1.29 is 18.1 Å². The molecule has 0 amide bonds. The smallest absolute Gasteiger partial charge is 0.340 e. The van der Waals surface area contributed by atoms with Crippen molar-refractivity contribution >= 4 is 16.8 Å². The molecule has 0 radical (unpaired) electrons. The summed E-state index contributed by atoms with van der Waals surface area (Å²) in [4.78, 5) is 11.2. The number of esters is 1. The van der Waals surface area contributed by atoms with Gasteiger partial charge < -0.3 is 10.1 Å². The molecule has 0 spiro atoms. The predicted molar refractivity (Wildman–Crippen MR) is 73.0 cm³/mol. The fourth-order valence-corrected chi connectivity index (χ4v) is 1.83. The Kier molecular flexibility index (Phi) is 6.11. The molecule has 0 bridgehead atoms. The van der Waals surface area contributed by atoms with E-state index in [2.05, 4.69) is 10.1 Å². The van der Waals surface area contributed by atoms with E-state index in [1.165, 1.54) is 19.2 Å². The van der Waals surface area contributed by atoms with Crippen molar-refractivity contribution in [1.82, 2.24) is 5.32 Å². The van der Waals surface area contributed by atoms with Crippen LogP contribution in [0.5, 0.6) is 0 Å². The maximum atomic E-state index is 13.6. The summed E-state index contributed by atoms with van der Waals surface area (Å²) in [5.74, 6) is -1.29. The zero-order valence-corrected chi connectivity index (χ0v) is 12.1. The Bertz CT molecular complexity index is 479. The molecule has 4 nitrogen and oxygen atoms in total. The average molecular weight is 287 g/mol. The van der Waals surface area contributed by atoms with Gasteiger partial charge in [0, 0.05) is 35.4 Å². The van der Waals surface area contributed by atoms with E-state index in [4.69, 9.17) is 0 Å². The van der Waals surface area contributed by atoms with Crippen LogP contribution in [0.2, 0.25) is 0 Å². The highest BCUT2D eigenvalue weighted by Crippen LogP contribution is 2.11. The van der Waals surface area contributed by atoms with Gasteiger partial charge in [0.2, 0.25) is 0 Å². The number of ether oxygens (including phenoxy) is 1. The van der Waals surface area contributed by atoms with Crippen LogP contribution in [-0.4, -0.2) is 35.3 Å². The molecule has 1 rings (SSSR count). The van der Waals surface area contributed by atoms with E-state index in [0.717, 1.165) is 5.56 Å². The molecule has 0 heterocycles. The monoisotopic (exact) mass is 287 g/mol. The summed E-state index contributed by atoms with van der Waals surface area (Å²) in [7, 11) is 0.330. The summed E-state index contributed by atoms with van der Waals surface area (Å²) in [5.41, 5.74) is 0.647. The fraction of sp³-hybridized carbons (Fsp3) is 0.462. The van der Waals surface area contributed by atoms with Gasteiger partial charge in [0.05, 0.1) is 12.7 Å². The first-order chi connectivity index (χ1) is 8.95. The molecule has 0 aliphatic carbocycles. The number of hydrogen-bond donors (Lipinski definition) is 1. The van der Waals surface area contributed by atoms with Crippen LogP contribution in [0.25, 0.3) is 0 Å². The summed E-state index contributed by atoms with van der Waals surface area (Å²) in [6.07, 6.45) is 1.65. The zero-order chi connectivity index (χ0) is 14.4. The Labute approximate surface area is 114 Å².